The molecule has 1 aliphatic heterocycles. The van der Waals surface area contributed by atoms with Crippen LogP contribution in [0.25, 0.3) is 0 Å². The Morgan fingerprint density at radius 3 is 3.00 bits per heavy atom. The topological polar surface area (TPSA) is 79.0 Å². The number of hydrogen-bond acceptors (Lipinski definition) is 5. The third-order valence-corrected chi connectivity index (χ3v) is 4.81. The molecule has 1 N–H and O–H groups in total. The van der Waals surface area contributed by atoms with Crippen LogP contribution in [0.5, 0.6) is 0 Å². The maximum absolute atomic E-state index is 11.0. The number of anilines is 1. The van der Waals surface area contributed by atoms with Gasteiger partial charge in [-0.15, -0.1) is 0 Å². The number of nitro benzene ring substituents is 1. The molecule has 0 saturated carbocycles. The van der Waals surface area contributed by atoms with Crippen LogP contribution >= 0.6 is 11.8 Å². The molecule has 1 aliphatic rings. The van der Waals surface area contributed by atoms with E-state index < -0.39 is 4.92 Å². The number of nitriles is 1. The third kappa shape index (κ3) is 3.18. The molecule has 0 amide bonds. The molecule has 1 aromatic rings. The molecular formula is C13H15N3O2S. The van der Waals surface area contributed by atoms with Crippen LogP contribution in [0.4, 0.5) is 11.4 Å². The largest absolute Gasteiger partial charge is 0.378 e. The molecular weight excluding hydrogens is 262 g/mol. The molecule has 5 nitrogen and oxygen atoms in total. The molecule has 100 valence electrons. The average molecular weight is 277 g/mol. The third-order valence-electron chi connectivity index (χ3n) is 3.28. The second-order valence-corrected chi connectivity index (χ2v) is 6.54. The molecule has 2 rings (SSSR count). The summed E-state index contributed by atoms with van der Waals surface area (Å²) in [5, 5.41) is 23.0. The van der Waals surface area contributed by atoms with Gasteiger partial charge in [-0.2, -0.15) is 17.0 Å². The molecule has 1 heterocycles. The molecule has 0 radical (unpaired) electrons. The second-order valence-electron chi connectivity index (χ2n) is 4.86. The van der Waals surface area contributed by atoms with Crippen molar-refractivity contribution in [3.63, 3.8) is 0 Å². The van der Waals surface area contributed by atoms with Crippen LogP contribution in [0, 0.1) is 21.4 Å². The zero-order valence-corrected chi connectivity index (χ0v) is 11.5. The van der Waals surface area contributed by atoms with Gasteiger partial charge < -0.3 is 5.32 Å². The fourth-order valence-electron chi connectivity index (χ4n) is 2.16. The van der Waals surface area contributed by atoms with Gasteiger partial charge in [0.2, 0.25) is 0 Å². The van der Waals surface area contributed by atoms with E-state index in [1.165, 1.54) is 18.6 Å². The van der Waals surface area contributed by atoms with Crippen molar-refractivity contribution in [1.29, 1.82) is 5.26 Å². The molecule has 19 heavy (non-hydrogen) atoms. The Labute approximate surface area is 116 Å². The summed E-state index contributed by atoms with van der Waals surface area (Å²) in [5.74, 6) is 1.14. The first-order chi connectivity index (χ1) is 9.04. The van der Waals surface area contributed by atoms with E-state index in [2.05, 4.69) is 12.2 Å². The average Bonchev–Trinajstić information content (AvgIpc) is 2.83. The van der Waals surface area contributed by atoms with E-state index in [4.69, 9.17) is 5.26 Å². The molecule has 1 aromatic carbocycles. The minimum absolute atomic E-state index is 0.0191. The van der Waals surface area contributed by atoms with E-state index >= 15 is 0 Å². The van der Waals surface area contributed by atoms with Gasteiger partial charge in [0.1, 0.15) is 5.69 Å². The Bertz CT molecular complexity index is 533. The van der Waals surface area contributed by atoms with Gasteiger partial charge in [0.25, 0.3) is 5.69 Å². The van der Waals surface area contributed by atoms with Gasteiger partial charge in [0, 0.05) is 17.4 Å². The first-order valence-electron chi connectivity index (χ1n) is 6.10. The molecule has 0 aromatic heterocycles. The fraction of sp³-hybridized carbons (Fsp3) is 0.462. The lowest BCUT2D eigenvalue weighted by Gasteiger charge is -2.23. The predicted molar refractivity (Wildman–Crippen MR) is 76.4 cm³/mol. The van der Waals surface area contributed by atoms with E-state index in [9.17, 15) is 10.1 Å². The summed E-state index contributed by atoms with van der Waals surface area (Å²) < 4.78 is 0.122. The lowest BCUT2D eigenvalue weighted by atomic mass is 10.1. The summed E-state index contributed by atoms with van der Waals surface area (Å²) in [7, 11) is 0. The van der Waals surface area contributed by atoms with Crippen LogP contribution in [0.1, 0.15) is 25.3 Å². The van der Waals surface area contributed by atoms with Crippen LogP contribution in [-0.4, -0.2) is 22.0 Å². The fourth-order valence-corrected chi connectivity index (χ4v) is 3.41. The number of nitro groups is 1. The van der Waals surface area contributed by atoms with Crippen LogP contribution in [-0.2, 0) is 0 Å². The number of nitrogens with zero attached hydrogens (tertiary/aromatic N) is 2. The van der Waals surface area contributed by atoms with Gasteiger partial charge in [-0.05, 0) is 37.7 Å². The first kappa shape index (κ1) is 13.7. The summed E-state index contributed by atoms with van der Waals surface area (Å²) in [6.07, 6.45) is 2.29. The molecule has 0 bridgehead atoms. The van der Waals surface area contributed by atoms with E-state index in [1.54, 1.807) is 6.07 Å². The van der Waals surface area contributed by atoms with E-state index in [1.807, 2.05) is 17.8 Å². The summed E-state index contributed by atoms with van der Waals surface area (Å²) in [5.41, 5.74) is 0.876. The lowest BCUT2D eigenvalue weighted by molar-refractivity contribution is -0.384. The Morgan fingerprint density at radius 2 is 2.42 bits per heavy atom. The Morgan fingerprint density at radius 1 is 1.63 bits per heavy atom. The number of nitrogens with one attached hydrogen (secondary N) is 1. The van der Waals surface area contributed by atoms with Crippen molar-refractivity contribution in [2.24, 2.45) is 0 Å². The van der Waals surface area contributed by atoms with Crippen molar-refractivity contribution in [1.82, 2.24) is 0 Å². The number of benzene rings is 1. The molecule has 0 aliphatic carbocycles. The van der Waals surface area contributed by atoms with Crippen LogP contribution < -0.4 is 5.32 Å². The van der Waals surface area contributed by atoms with Crippen LogP contribution in [0.2, 0.25) is 0 Å². The summed E-state index contributed by atoms with van der Waals surface area (Å²) >= 11 is 1.89. The van der Waals surface area contributed by atoms with Crippen LogP contribution in [0.15, 0.2) is 18.2 Å². The van der Waals surface area contributed by atoms with Crippen molar-refractivity contribution in [2.75, 3.05) is 17.6 Å². The molecule has 0 spiro atoms. The Kier molecular flexibility index (Phi) is 3.96. The van der Waals surface area contributed by atoms with Crippen molar-refractivity contribution < 1.29 is 4.92 Å². The summed E-state index contributed by atoms with van der Waals surface area (Å²) in [6, 6.07) is 6.39. The quantitative estimate of drug-likeness (QED) is 0.675. The van der Waals surface area contributed by atoms with E-state index in [0.717, 1.165) is 12.2 Å². The van der Waals surface area contributed by atoms with Gasteiger partial charge in [-0.3, -0.25) is 10.1 Å². The Balaban J connectivity index is 2.18. The molecule has 1 saturated heterocycles. The Hall–Kier alpha value is -1.74. The van der Waals surface area contributed by atoms with Gasteiger partial charge in [-0.1, -0.05) is 0 Å². The predicted octanol–water partition coefficient (Wildman–Crippen LogP) is 3.16. The molecule has 1 atom stereocenters. The first-order valence-corrected chi connectivity index (χ1v) is 7.09. The van der Waals surface area contributed by atoms with Crippen molar-refractivity contribution in [3.05, 3.63) is 33.9 Å². The lowest BCUT2D eigenvalue weighted by Crippen LogP contribution is -2.27. The monoisotopic (exact) mass is 277 g/mol. The maximum Gasteiger partial charge on any atom is 0.292 e. The number of hydrogen-bond donors (Lipinski definition) is 1. The molecule has 6 heteroatoms. The van der Waals surface area contributed by atoms with Gasteiger partial charge in [0.05, 0.1) is 16.6 Å². The number of thioether (sulfide) groups is 1. The standard InChI is InChI=1S/C13H15N3O2S/c1-13(5-2-6-19-13)9-15-11-7-10(8-14)3-4-12(11)16(17)18/h3-4,7,15H,2,5-6,9H2,1H3. The van der Waals surface area contributed by atoms with Crippen molar-refractivity contribution in [3.8, 4) is 6.07 Å². The minimum atomic E-state index is -0.423. The second kappa shape index (κ2) is 5.49. The maximum atomic E-state index is 11.0. The summed E-state index contributed by atoms with van der Waals surface area (Å²) in [6.45, 7) is 2.84. The molecule has 1 unspecified atom stereocenters. The highest BCUT2D eigenvalue weighted by molar-refractivity contribution is 8.00. The van der Waals surface area contributed by atoms with Crippen LogP contribution in [0.3, 0.4) is 0 Å². The van der Waals surface area contributed by atoms with Gasteiger partial charge in [0.15, 0.2) is 0 Å². The van der Waals surface area contributed by atoms with Gasteiger partial charge >= 0.3 is 0 Å². The minimum Gasteiger partial charge on any atom is -0.378 e. The zero-order chi connectivity index (χ0) is 13.9. The van der Waals surface area contributed by atoms with Gasteiger partial charge in [-0.25, -0.2) is 0 Å². The number of rotatable bonds is 4. The van der Waals surface area contributed by atoms with E-state index in [0.29, 0.717) is 17.8 Å². The SMILES string of the molecule is CC1(CNc2cc(C#N)ccc2[N+](=O)[O-])CCCS1. The molecule has 1 fully saturated rings. The van der Waals surface area contributed by atoms with Crippen molar-refractivity contribution >= 4 is 23.1 Å². The van der Waals surface area contributed by atoms with E-state index in [-0.39, 0.29) is 10.4 Å². The van der Waals surface area contributed by atoms with Crippen molar-refractivity contribution in [2.45, 2.75) is 24.5 Å². The highest BCUT2D eigenvalue weighted by atomic mass is 32.2. The highest BCUT2D eigenvalue weighted by Crippen LogP contribution is 2.38. The highest BCUT2D eigenvalue weighted by Gasteiger charge is 2.29. The zero-order valence-electron chi connectivity index (χ0n) is 10.7. The normalized spacial score (nSPS) is 21.9. The smallest absolute Gasteiger partial charge is 0.292 e. The summed E-state index contributed by atoms with van der Waals surface area (Å²) in [4.78, 5) is 10.6.